The standard InChI is InChI=1S/C5H9O3/c1-8-5(7)3-2-4-6/h2-4H2,1H3. The molecule has 0 bridgehead atoms. The molecule has 0 aliphatic rings. The zero-order valence-corrected chi connectivity index (χ0v) is 4.85. The Kier molecular flexibility index (Phi) is 4.26. The summed E-state index contributed by atoms with van der Waals surface area (Å²) >= 11 is 0. The largest absolute Gasteiger partial charge is 0.469 e. The molecule has 1 radical (unpaired) electrons. The van der Waals surface area contributed by atoms with Crippen molar-refractivity contribution >= 4 is 5.97 Å². The third-order valence-electron chi connectivity index (χ3n) is 0.753. The van der Waals surface area contributed by atoms with Gasteiger partial charge in [-0.1, -0.05) is 0 Å². The molecule has 0 aromatic rings. The number of methoxy groups -OCH3 is 1. The van der Waals surface area contributed by atoms with Crippen LogP contribution in [0.4, 0.5) is 0 Å². The summed E-state index contributed by atoms with van der Waals surface area (Å²) in [6, 6.07) is 0. The molecule has 0 aliphatic carbocycles. The van der Waals surface area contributed by atoms with Crippen LogP contribution >= 0.6 is 0 Å². The number of esters is 1. The van der Waals surface area contributed by atoms with Gasteiger partial charge < -0.3 is 4.74 Å². The van der Waals surface area contributed by atoms with E-state index in [0.717, 1.165) is 0 Å². The van der Waals surface area contributed by atoms with E-state index in [0.29, 0.717) is 6.42 Å². The fourth-order valence-electron chi connectivity index (χ4n) is 0.319. The summed E-state index contributed by atoms with van der Waals surface area (Å²) in [5, 5.41) is 9.74. The van der Waals surface area contributed by atoms with Crippen LogP contribution in [0.1, 0.15) is 12.8 Å². The van der Waals surface area contributed by atoms with Crippen molar-refractivity contribution in [3.63, 3.8) is 0 Å². The predicted molar refractivity (Wildman–Crippen MR) is 26.8 cm³/mol. The molecule has 3 nitrogen and oxygen atoms in total. The summed E-state index contributed by atoms with van der Waals surface area (Å²) in [6.07, 6.45) is 0.632. The van der Waals surface area contributed by atoms with Crippen molar-refractivity contribution in [2.45, 2.75) is 12.8 Å². The lowest BCUT2D eigenvalue weighted by molar-refractivity contribution is -0.141. The molecule has 0 saturated carbocycles. The van der Waals surface area contributed by atoms with Crippen molar-refractivity contribution < 1.29 is 14.6 Å². The maximum atomic E-state index is 10.2. The van der Waals surface area contributed by atoms with Crippen LogP contribution in [-0.2, 0) is 14.6 Å². The molecule has 8 heavy (non-hydrogen) atoms. The van der Waals surface area contributed by atoms with Crippen molar-refractivity contribution in [2.75, 3.05) is 13.7 Å². The number of hydrogen-bond donors (Lipinski definition) is 0. The second kappa shape index (κ2) is 4.59. The molecule has 0 saturated heterocycles. The molecule has 0 aliphatic heterocycles. The van der Waals surface area contributed by atoms with E-state index >= 15 is 0 Å². The van der Waals surface area contributed by atoms with Crippen LogP contribution in [0.5, 0.6) is 0 Å². The van der Waals surface area contributed by atoms with Crippen LogP contribution in [-0.4, -0.2) is 19.7 Å². The molecular weight excluding hydrogens is 108 g/mol. The van der Waals surface area contributed by atoms with Crippen LogP contribution in [0.3, 0.4) is 0 Å². The van der Waals surface area contributed by atoms with Crippen LogP contribution in [0.2, 0.25) is 0 Å². The fourth-order valence-corrected chi connectivity index (χ4v) is 0.319. The lowest BCUT2D eigenvalue weighted by Crippen LogP contribution is -1.99. The van der Waals surface area contributed by atoms with Gasteiger partial charge in [0.05, 0.1) is 13.7 Å². The van der Waals surface area contributed by atoms with Gasteiger partial charge in [-0.05, 0) is 6.42 Å². The van der Waals surface area contributed by atoms with Gasteiger partial charge in [0.25, 0.3) is 0 Å². The van der Waals surface area contributed by atoms with Crippen LogP contribution in [0.25, 0.3) is 0 Å². The topological polar surface area (TPSA) is 46.2 Å². The molecule has 47 valence electrons. The summed E-state index contributed by atoms with van der Waals surface area (Å²) in [4.78, 5) is 10.2. The molecule has 0 unspecified atom stereocenters. The van der Waals surface area contributed by atoms with E-state index in [1.807, 2.05) is 0 Å². The maximum absolute atomic E-state index is 10.2. The number of hydrogen-bond acceptors (Lipinski definition) is 2. The van der Waals surface area contributed by atoms with Gasteiger partial charge >= 0.3 is 5.97 Å². The summed E-state index contributed by atoms with van der Waals surface area (Å²) < 4.78 is 4.27. The average Bonchev–Trinajstić information content (AvgIpc) is 1.83. The van der Waals surface area contributed by atoms with E-state index in [-0.39, 0.29) is 19.0 Å². The molecule has 3 heteroatoms. The number of carbonyl (C=O) groups excluding carboxylic acids is 1. The predicted octanol–water partition coefficient (Wildman–Crippen LogP) is 0.370. The first-order valence-electron chi connectivity index (χ1n) is 2.46. The Hall–Kier alpha value is -0.570. The number of ether oxygens (including phenoxy) is 1. The minimum Gasteiger partial charge on any atom is -0.469 e. The molecule has 0 fully saturated rings. The minimum absolute atomic E-state index is 0.199. The van der Waals surface area contributed by atoms with E-state index in [1.54, 1.807) is 0 Å². The van der Waals surface area contributed by atoms with E-state index in [1.165, 1.54) is 7.11 Å². The number of carbonyl (C=O) groups is 1. The van der Waals surface area contributed by atoms with Crippen LogP contribution in [0, 0.1) is 0 Å². The molecule has 0 aromatic heterocycles. The third-order valence-corrected chi connectivity index (χ3v) is 0.753. The van der Waals surface area contributed by atoms with Crippen LogP contribution in [0.15, 0.2) is 0 Å². The maximum Gasteiger partial charge on any atom is 0.305 e. The molecule has 0 amide bonds. The highest BCUT2D eigenvalue weighted by Gasteiger charge is 1.96. The second-order valence-electron chi connectivity index (χ2n) is 1.38. The third kappa shape index (κ3) is 3.61. The molecule has 0 heterocycles. The molecular formula is C5H9O3. The van der Waals surface area contributed by atoms with Crippen molar-refractivity contribution in [1.29, 1.82) is 0 Å². The first kappa shape index (κ1) is 7.43. The highest BCUT2D eigenvalue weighted by atomic mass is 16.5. The first-order chi connectivity index (χ1) is 3.81. The summed E-state index contributed by atoms with van der Waals surface area (Å²) in [7, 11) is 1.31. The zero-order valence-electron chi connectivity index (χ0n) is 4.85. The lowest BCUT2D eigenvalue weighted by Gasteiger charge is -1.92. The Bertz CT molecular complexity index is 70.1. The SMILES string of the molecule is COC(=O)CCC[O]. The van der Waals surface area contributed by atoms with E-state index < -0.39 is 0 Å². The highest BCUT2D eigenvalue weighted by molar-refractivity contribution is 5.68. The highest BCUT2D eigenvalue weighted by Crippen LogP contribution is 1.88. The second-order valence-corrected chi connectivity index (χ2v) is 1.38. The Morgan fingerprint density at radius 2 is 2.25 bits per heavy atom. The van der Waals surface area contributed by atoms with Gasteiger partial charge in [-0.15, -0.1) is 0 Å². The monoisotopic (exact) mass is 117 g/mol. The quantitative estimate of drug-likeness (QED) is 0.501. The Morgan fingerprint density at radius 1 is 1.62 bits per heavy atom. The van der Waals surface area contributed by atoms with E-state index in [4.69, 9.17) is 0 Å². The van der Waals surface area contributed by atoms with Gasteiger partial charge in [-0.2, -0.15) is 0 Å². The van der Waals surface area contributed by atoms with Crippen molar-refractivity contribution in [3.05, 3.63) is 0 Å². The smallest absolute Gasteiger partial charge is 0.305 e. The van der Waals surface area contributed by atoms with Gasteiger partial charge in [0.1, 0.15) is 0 Å². The zero-order chi connectivity index (χ0) is 6.41. The Morgan fingerprint density at radius 3 is 2.62 bits per heavy atom. The van der Waals surface area contributed by atoms with Gasteiger partial charge in [-0.25, -0.2) is 5.11 Å². The first-order valence-corrected chi connectivity index (χ1v) is 2.46. The normalized spacial score (nSPS) is 8.75. The van der Waals surface area contributed by atoms with Gasteiger partial charge in [0.15, 0.2) is 0 Å². The Balaban J connectivity index is 2.99. The molecule has 0 N–H and O–H groups in total. The molecule has 0 aromatic carbocycles. The van der Waals surface area contributed by atoms with Gasteiger partial charge in [-0.3, -0.25) is 4.79 Å². The summed E-state index contributed by atoms with van der Waals surface area (Å²) in [6.45, 7) is -0.199. The van der Waals surface area contributed by atoms with Crippen molar-refractivity contribution in [1.82, 2.24) is 0 Å². The summed E-state index contributed by atoms with van der Waals surface area (Å²) in [5.74, 6) is -0.305. The minimum atomic E-state index is -0.305. The van der Waals surface area contributed by atoms with Gasteiger partial charge in [0.2, 0.25) is 0 Å². The van der Waals surface area contributed by atoms with Crippen molar-refractivity contribution in [2.24, 2.45) is 0 Å². The molecule has 0 atom stereocenters. The molecule has 0 spiro atoms. The molecule has 0 rings (SSSR count). The van der Waals surface area contributed by atoms with Crippen molar-refractivity contribution in [3.8, 4) is 0 Å². The van der Waals surface area contributed by atoms with Crippen LogP contribution < -0.4 is 0 Å². The number of rotatable bonds is 3. The average molecular weight is 117 g/mol. The fraction of sp³-hybridized carbons (Fsp3) is 0.800. The van der Waals surface area contributed by atoms with E-state index in [9.17, 15) is 9.90 Å². The Labute approximate surface area is 48.3 Å². The van der Waals surface area contributed by atoms with Gasteiger partial charge in [0, 0.05) is 6.42 Å². The summed E-state index contributed by atoms with van der Waals surface area (Å²) in [5.41, 5.74) is 0. The lowest BCUT2D eigenvalue weighted by atomic mass is 10.3. The van der Waals surface area contributed by atoms with E-state index in [2.05, 4.69) is 4.74 Å².